The van der Waals surface area contributed by atoms with Gasteiger partial charge in [0, 0.05) is 19.0 Å². The van der Waals surface area contributed by atoms with E-state index in [0.717, 1.165) is 12.1 Å². The zero-order chi connectivity index (χ0) is 24.4. The maximum Gasteiger partial charge on any atom is 0.417 e. The summed E-state index contributed by atoms with van der Waals surface area (Å²) in [7, 11) is -4.39. The first-order chi connectivity index (χ1) is 15.4. The number of nitrogens with zero attached hydrogens (tertiary/aromatic N) is 2. The summed E-state index contributed by atoms with van der Waals surface area (Å²) in [6, 6.07) is 9.74. The molecule has 0 bridgehead atoms. The molecule has 2 aromatic rings. The smallest absolute Gasteiger partial charge is 0.369 e. The maximum atomic E-state index is 13.4. The van der Waals surface area contributed by atoms with Gasteiger partial charge in [0.15, 0.2) is 0 Å². The van der Waals surface area contributed by atoms with Crippen LogP contribution >= 0.6 is 11.6 Å². The lowest BCUT2D eigenvalue weighted by Gasteiger charge is -2.33. The van der Waals surface area contributed by atoms with Gasteiger partial charge in [0.05, 0.1) is 21.2 Å². The molecule has 0 spiro atoms. The van der Waals surface area contributed by atoms with Gasteiger partial charge in [0.1, 0.15) is 6.54 Å². The number of halogens is 4. The quantitative estimate of drug-likeness (QED) is 0.653. The van der Waals surface area contributed by atoms with Gasteiger partial charge in [0.25, 0.3) is 10.0 Å². The average molecular weight is 504 g/mol. The molecule has 1 fully saturated rings. The van der Waals surface area contributed by atoms with E-state index in [4.69, 9.17) is 17.3 Å². The number of rotatable bonds is 6. The minimum atomic E-state index is -4.82. The molecule has 0 saturated carbocycles. The molecule has 1 heterocycles. The predicted octanol–water partition coefficient (Wildman–Crippen LogP) is 3.28. The summed E-state index contributed by atoms with van der Waals surface area (Å²) in [6.45, 7) is -0.364. The van der Waals surface area contributed by atoms with E-state index < -0.39 is 45.1 Å². The Kier molecular flexibility index (Phi) is 7.23. The van der Waals surface area contributed by atoms with Crippen LogP contribution in [0.15, 0.2) is 53.4 Å². The van der Waals surface area contributed by atoms with Crippen molar-refractivity contribution in [3.63, 3.8) is 0 Å². The molecular formula is C21H21ClF3N3O4S. The topological polar surface area (TPSA) is 101 Å². The highest BCUT2D eigenvalue weighted by molar-refractivity contribution is 7.92. The Labute approximate surface area is 194 Å². The Morgan fingerprint density at radius 2 is 1.70 bits per heavy atom. The minimum absolute atomic E-state index is 0.181. The second-order valence-corrected chi connectivity index (χ2v) is 9.81. The van der Waals surface area contributed by atoms with Gasteiger partial charge in [-0.2, -0.15) is 13.2 Å². The molecule has 0 aliphatic carbocycles. The van der Waals surface area contributed by atoms with E-state index in [-0.39, 0.29) is 29.6 Å². The monoisotopic (exact) mass is 503 g/mol. The number of likely N-dealkylation sites (tertiary alicyclic amines) is 1. The first-order valence-electron chi connectivity index (χ1n) is 9.93. The molecule has 12 heteroatoms. The van der Waals surface area contributed by atoms with Gasteiger partial charge in [-0.1, -0.05) is 29.8 Å². The van der Waals surface area contributed by atoms with Crippen LogP contribution in [-0.4, -0.2) is 44.8 Å². The normalized spacial score (nSPS) is 15.3. The van der Waals surface area contributed by atoms with E-state index in [1.807, 2.05) is 0 Å². The molecule has 33 heavy (non-hydrogen) atoms. The van der Waals surface area contributed by atoms with Crippen LogP contribution in [0.2, 0.25) is 5.02 Å². The lowest BCUT2D eigenvalue weighted by atomic mass is 9.96. The van der Waals surface area contributed by atoms with E-state index in [1.165, 1.54) is 29.2 Å². The van der Waals surface area contributed by atoms with Crippen molar-refractivity contribution in [2.45, 2.75) is 23.9 Å². The molecule has 2 N–H and O–H groups in total. The number of piperidine rings is 1. The van der Waals surface area contributed by atoms with E-state index in [2.05, 4.69) is 0 Å². The third-order valence-electron chi connectivity index (χ3n) is 5.40. The first kappa shape index (κ1) is 24.8. The fourth-order valence-electron chi connectivity index (χ4n) is 3.56. The van der Waals surface area contributed by atoms with Crippen LogP contribution in [0.25, 0.3) is 0 Å². The number of benzene rings is 2. The number of nitrogens with two attached hydrogens (primary N) is 1. The van der Waals surface area contributed by atoms with E-state index in [1.54, 1.807) is 6.07 Å². The summed E-state index contributed by atoms with van der Waals surface area (Å²) in [5, 5.41) is -0.594. The van der Waals surface area contributed by atoms with Crippen molar-refractivity contribution in [3.8, 4) is 0 Å². The molecule has 178 valence electrons. The zero-order valence-corrected chi connectivity index (χ0v) is 18.8. The number of anilines is 1. The first-order valence-corrected chi connectivity index (χ1v) is 11.7. The van der Waals surface area contributed by atoms with Crippen LogP contribution in [0, 0.1) is 5.92 Å². The summed E-state index contributed by atoms with van der Waals surface area (Å²) in [6.07, 6.45) is -4.17. The molecular weight excluding hydrogens is 483 g/mol. The van der Waals surface area contributed by atoms with Crippen LogP contribution in [0.3, 0.4) is 0 Å². The highest BCUT2D eigenvalue weighted by Gasteiger charge is 2.36. The van der Waals surface area contributed by atoms with Crippen LogP contribution in [0.4, 0.5) is 18.9 Å². The van der Waals surface area contributed by atoms with Crippen molar-refractivity contribution in [2.75, 3.05) is 23.9 Å². The average Bonchev–Trinajstić information content (AvgIpc) is 2.77. The molecule has 1 aliphatic heterocycles. The Morgan fingerprint density at radius 1 is 1.09 bits per heavy atom. The molecule has 0 aromatic heterocycles. The maximum absolute atomic E-state index is 13.4. The van der Waals surface area contributed by atoms with Gasteiger partial charge in [-0.25, -0.2) is 8.42 Å². The number of primary amides is 1. The Bertz CT molecular complexity index is 1140. The van der Waals surface area contributed by atoms with Crippen LogP contribution in [0.5, 0.6) is 0 Å². The van der Waals surface area contributed by atoms with Gasteiger partial charge < -0.3 is 10.6 Å². The standard InChI is InChI=1S/C21H21ClF3N3O4S/c22-18-7-6-15(12-17(18)21(23,24)25)28(33(31,32)16-4-2-1-3-5-16)13-19(29)27-10-8-14(9-11-27)20(26)30/h1-7,12,14H,8-11,13H2,(H2,26,30). The van der Waals surface area contributed by atoms with E-state index >= 15 is 0 Å². The van der Waals surface area contributed by atoms with Crippen LogP contribution < -0.4 is 10.0 Å². The molecule has 0 unspecified atom stereocenters. The molecule has 1 saturated heterocycles. The summed E-state index contributed by atoms with van der Waals surface area (Å²) in [5.74, 6) is -1.47. The van der Waals surface area contributed by atoms with E-state index in [9.17, 15) is 31.2 Å². The molecule has 2 aromatic carbocycles. The van der Waals surface area contributed by atoms with Crippen LogP contribution in [-0.2, 0) is 25.8 Å². The molecule has 3 rings (SSSR count). The van der Waals surface area contributed by atoms with E-state index in [0.29, 0.717) is 23.2 Å². The Balaban J connectivity index is 1.97. The fourth-order valence-corrected chi connectivity index (χ4v) is 5.21. The van der Waals surface area contributed by atoms with Crippen molar-refractivity contribution < 1.29 is 31.2 Å². The third-order valence-corrected chi connectivity index (χ3v) is 7.52. The molecule has 0 radical (unpaired) electrons. The largest absolute Gasteiger partial charge is 0.417 e. The number of carbonyl (C=O) groups is 2. The lowest BCUT2D eigenvalue weighted by Crippen LogP contribution is -2.47. The molecule has 0 atom stereocenters. The number of amides is 2. The van der Waals surface area contributed by atoms with Gasteiger partial charge in [-0.3, -0.25) is 13.9 Å². The van der Waals surface area contributed by atoms with Gasteiger partial charge in [-0.15, -0.1) is 0 Å². The number of sulfonamides is 1. The van der Waals surface area contributed by atoms with Gasteiger partial charge >= 0.3 is 6.18 Å². The highest BCUT2D eigenvalue weighted by atomic mass is 35.5. The van der Waals surface area contributed by atoms with Crippen molar-refractivity contribution in [1.82, 2.24) is 4.90 Å². The summed E-state index contributed by atoms with van der Waals surface area (Å²) in [5.41, 5.74) is 3.73. The highest BCUT2D eigenvalue weighted by Crippen LogP contribution is 2.38. The fraction of sp³-hybridized carbons (Fsp3) is 0.333. The summed E-state index contributed by atoms with van der Waals surface area (Å²) >= 11 is 5.68. The number of alkyl halides is 3. The summed E-state index contributed by atoms with van der Waals surface area (Å²) in [4.78, 5) is 25.5. The third kappa shape index (κ3) is 5.59. The van der Waals surface area contributed by atoms with Gasteiger partial charge in [0.2, 0.25) is 11.8 Å². The Morgan fingerprint density at radius 3 is 2.24 bits per heavy atom. The lowest BCUT2D eigenvalue weighted by molar-refractivity contribution is -0.137. The second-order valence-electron chi connectivity index (χ2n) is 7.54. The van der Waals surface area contributed by atoms with Crippen molar-refractivity contribution >= 4 is 39.1 Å². The molecule has 2 amide bonds. The van der Waals surface area contributed by atoms with Crippen LogP contribution in [0.1, 0.15) is 18.4 Å². The second kappa shape index (κ2) is 9.60. The van der Waals surface area contributed by atoms with Crippen molar-refractivity contribution in [2.24, 2.45) is 11.7 Å². The summed E-state index contributed by atoms with van der Waals surface area (Å²) < 4.78 is 67.5. The van der Waals surface area contributed by atoms with Crippen molar-refractivity contribution in [1.29, 1.82) is 0 Å². The number of carbonyl (C=O) groups excluding carboxylic acids is 2. The van der Waals surface area contributed by atoms with Gasteiger partial charge in [-0.05, 0) is 43.2 Å². The minimum Gasteiger partial charge on any atom is -0.369 e. The molecule has 1 aliphatic rings. The SMILES string of the molecule is NC(=O)C1CCN(C(=O)CN(c2ccc(Cl)c(C(F)(F)F)c2)S(=O)(=O)c2ccccc2)CC1. The number of hydrogen-bond donors (Lipinski definition) is 1. The Hall–Kier alpha value is -2.79. The van der Waals surface area contributed by atoms with Crippen molar-refractivity contribution in [3.05, 3.63) is 59.1 Å². The predicted molar refractivity (Wildman–Crippen MR) is 116 cm³/mol. The number of hydrogen-bond acceptors (Lipinski definition) is 4. The molecule has 7 nitrogen and oxygen atoms in total. The zero-order valence-electron chi connectivity index (χ0n) is 17.3.